The highest BCUT2D eigenvalue weighted by Gasteiger charge is 2.30. The largest absolute Gasteiger partial charge is 0.491 e. The number of methoxy groups -OCH3 is 3. The molecule has 0 saturated carbocycles. The molecule has 0 bridgehead atoms. The Kier molecular flexibility index (Phi) is 30.5. The van der Waals surface area contributed by atoms with Gasteiger partial charge in [-0.15, -0.1) is 0 Å². The zero-order valence-electron chi connectivity index (χ0n) is 37.6. The average Bonchev–Trinajstić information content (AvgIpc) is 3.27. The molecule has 356 valence electrons. The van der Waals surface area contributed by atoms with Crippen LogP contribution in [0, 0.1) is 0 Å². The second kappa shape index (κ2) is 34.7. The minimum absolute atomic E-state index is 0.0184. The SMILES string of the molecule is CCOCCOCCOCCOc1ccc(CC(C(=O)O)N2CCN(CC(=O)OC)CCN(CC(=O)OC)CCN(CC(=O)OC)CC2)c(OCCOCCOCCOCC)c1. The Balaban J connectivity index is 2.28. The summed E-state index contributed by atoms with van der Waals surface area (Å²) in [4.78, 5) is 57.9. The number of esters is 3. The van der Waals surface area contributed by atoms with E-state index in [-0.39, 0.29) is 59.0 Å². The van der Waals surface area contributed by atoms with Crippen LogP contribution in [0.25, 0.3) is 0 Å². The summed E-state index contributed by atoms with van der Waals surface area (Å²) in [7, 11) is 3.94. The molecule has 1 aliphatic rings. The molecule has 62 heavy (non-hydrogen) atoms. The number of carboxylic acid groups (broad SMARTS) is 1. The number of benzene rings is 1. The van der Waals surface area contributed by atoms with Gasteiger partial charge in [0.1, 0.15) is 30.8 Å². The summed E-state index contributed by atoms with van der Waals surface area (Å²) in [5, 5.41) is 10.8. The van der Waals surface area contributed by atoms with Crippen LogP contribution in [0.3, 0.4) is 0 Å². The van der Waals surface area contributed by atoms with Crippen LogP contribution in [0.2, 0.25) is 0 Å². The summed E-state index contributed by atoms with van der Waals surface area (Å²) in [5.41, 5.74) is 0.631. The number of hydrogen-bond acceptors (Lipinski definition) is 19. The minimum Gasteiger partial charge on any atom is -0.491 e. The normalized spacial score (nSPS) is 15.6. The van der Waals surface area contributed by atoms with Crippen LogP contribution in [0.15, 0.2) is 18.2 Å². The summed E-state index contributed by atoms with van der Waals surface area (Å²) in [6.45, 7) is 12.4. The fourth-order valence-corrected chi connectivity index (χ4v) is 6.19. The van der Waals surface area contributed by atoms with Crippen molar-refractivity contribution in [3.63, 3.8) is 0 Å². The molecular formula is C42H72N4O16. The van der Waals surface area contributed by atoms with Crippen molar-refractivity contribution in [2.45, 2.75) is 26.3 Å². The molecule has 1 aromatic rings. The third kappa shape index (κ3) is 24.8. The van der Waals surface area contributed by atoms with E-state index in [0.717, 1.165) is 0 Å². The first-order valence-corrected chi connectivity index (χ1v) is 21.3. The fraction of sp³-hybridized carbons (Fsp3) is 0.762. The van der Waals surface area contributed by atoms with Crippen LogP contribution in [-0.4, -0.2) is 240 Å². The molecule has 1 saturated heterocycles. The number of aliphatic carboxylic acids is 1. The second-order valence-electron chi connectivity index (χ2n) is 14.0. The lowest BCUT2D eigenvalue weighted by molar-refractivity contribution is -0.145. The lowest BCUT2D eigenvalue weighted by Gasteiger charge is -2.35. The van der Waals surface area contributed by atoms with Crippen LogP contribution in [0.4, 0.5) is 0 Å². The molecule has 1 fully saturated rings. The molecule has 1 aliphatic heterocycles. The smallest absolute Gasteiger partial charge is 0.321 e. The van der Waals surface area contributed by atoms with Gasteiger partial charge in [-0.05, 0) is 25.5 Å². The van der Waals surface area contributed by atoms with Crippen molar-refractivity contribution in [3.05, 3.63) is 23.8 Å². The maximum Gasteiger partial charge on any atom is 0.321 e. The number of carboxylic acids is 1. The predicted molar refractivity (Wildman–Crippen MR) is 226 cm³/mol. The summed E-state index contributed by atoms with van der Waals surface area (Å²) in [6.07, 6.45) is 0.0623. The second-order valence-corrected chi connectivity index (χ2v) is 14.0. The van der Waals surface area contributed by atoms with E-state index in [1.165, 1.54) is 21.3 Å². The Morgan fingerprint density at radius 1 is 0.532 bits per heavy atom. The van der Waals surface area contributed by atoms with Crippen molar-refractivity contribution in [1.82, 2.24) is 19.6 Å². The van der Waals surface area contributed by atoms with Crippen LogP contribution in [0.5, 0.6) is 11.5 Å². The third-order valence-corrected chi connectivity index (χ3v) is 9.67. The van der Waals surface area contributed by atoms with Gasteiger partial charge in [0, 0.05) is 78.1 Å². The molecule has 1 heterocycles. The van der Waals surface area contributed by atoms with Crippen molar-refractivity contribution < 1.29 is 76.4 Å². The van der Waals surface area contributed by atoms with Crippen molar-refractivity contribution >= 4 is 23.9 Å². The zero-order valence-corrected chi connectivity index (χ0v) is 37.6. The van der Waals surface area contributed by atoms with Gasteiger partial charge in [-0.1, -0.05) is 6.07 Å². The first kappa shape index (κ1) is 54.4. The predicted octanol–water partition coefficient (Wildman–Crippen LogP) is 0.320. The van der Waals surface area contributed by atoms with Gasteiger partial charge in [0.05, 0.1) is 107 Å². The Morgan fingerprint density at radius 2 is 0.903 bits per heavy atom. The molecule has 0 amide bonds. The number of carbonyl (C=O) groups excluding carboxylic acids is 3. The standard InChI is InChI=1S/C42H72N4O16/c1-6-55-18-20-57-22-24-59-26-28-61-36-9-8-35(38(31-36)62-29-27-60-25-23-58-21-19-56-7-2)30-37(42(50)51)46-16-14-44(33-40(48)53-4)12-10-43(32-39(47)52-3)11-13-45(15-17-46)34-41(49)54-5/h8-9,31,37H,6-7,10-30,32-34H2,1-5H3,(H,50,51). The molecule has 0 aromatic heterocycles. The third-order valence-electron chi connectivity index (χ3n) is 9.67. The lowest BCUT2D eigenvalue weighted by Crippen LogP contribution is -2.52. The Hall–Kier alpha value is -3.70. The average molecular weight is 889 g/mol. The number of rotatable bonds is 32. The van der Waals surface area contributed by atoms with Gasteiger partial charge in [0.25, 0.3) is 0 Å². The Labute approximate surface area is 366 Å². The van der Waals surface area contributed by atoms with Gasteiger partial charge in [-0.2, -0.15) is 0 Å². The molecule has 1 atom stereocenters. The van der Waals surface area contributed by atoms with Crippen LogP contribution in [0.1, 0.15) is 19.4 Å². The van der Waals surface area contributed by atoms with Crippen molar-refractivity contribution in [1.29, 1.82) is 0 Å². The molecule has 20 heteroatoms. The maximum atomic E-state index is 13.2. The van der Waals surface area contributed by atoms with Crippen molar-refractivity contribution in [2.75, 3.05) is 186 Å². The summed E-state index contributed by atoms with van der Waals surface area (Å²) in [5.74, 6) is -1.41. The Bertz CT molecular complexity index is 1340. The number of carbonyl (C=O) groups is 4. The molecule has 1 N–H and O–H groups in total. The zero-order chi connectivity index (χ0) is 45.2. The Morgan fingerprint density at radius 3 is 1.29 bits per heavy atom. The van der Waals surface area contributed by atoms with E-state index >= 15 is 0 Å². The van der Waals surface area contributed by atoms with Crippen LogP contribution in [-0.2, 0) is 68.2 Å². The van der Waals surface area contributed by atoms with E-state index in [9.17, 15) is 24.3 Å². The first-order valence-electron chi connectivity index (χ1n) is 21.3. The van der Waals surface area contributed by atoms with Gasteiger partial charge in [-0.3, -0.25) is 38.8 Å². The molecule has 20 nitrogen and oxygen atoms in total. The fourth-order valence-electron chi connectivity index (χ4n) is 6.19. The minimum atomic E-state index is -1.06. The summed E-state index contributed by atoms with van der Waals surface area (Å²) < 4.78 is 59.9. The molecular weight excluding hydrogens is 816 g/mol. The summed E-state index contributed by atoms with van der Waals surface area (Å²) in [6, 6.07) is 4.26. The van der Waals surface area contributed by atoms with E-state index in [2.05, 4.69) is 0 Å². The molecule has 0 radical (unpaired) electrons. The molecule has 0 aliphatic carbocycles. The topological polar surface area (TPSA) is 203 Å². The lowest BCUT2D eigenvalue weighted by atomic mass is 10.0. The molecule has 1 aromatic carbocycles. The van der Waals surface area contributed by atoms with Gasteiger partial charge < -0.3 is 57.2 Å². The number of nitrogens with zero attached hydrogens (tertiary/aromatic N) is 4. The maximum absolute atomic E-state index is 13.2. The number of ether oxygens (including phenoxy) is 11. The van der Waals surface area contributed by atoms with Crippen LogP contribution < -0.4 is 9.47 Å². The molecule has 0 spiro atoms. The highest BCUT2D eigenvalue weighted by Crippen LogP contribution is 2.27. The molecule has 2 rings (SSSR count). The monoisotopic (exact) mass is 888 g/mol. The van der Waals surface area contributed by atoms with Gasteiger partial charge in [-0.25, -0.2) is 0 Å². The van der Waals surface area contributed by atoms with Gasteiger partial charge in [0.15, 0.2) is 0 Å². The van der Waals surface area contributed by atoms with E-state index < -0.39 is 29.9 Å². The molecule has 1 unspecified atom stereocenters. The van der Waals surface area contributed by atoms with Crippen LogP contribution >= 0.6 is 0 Å². The highest BCUT2D eigenvalue weighted by atomic mass is 16.6. The van der Waals surface area contributed by atoms with Gasteiger partial charge >= 0.3 is 23.9 Å². The van der Waals surface area contributed by atoms with E-state index in [1.54, 1.807) is 18.2 Å². The van der Waals surface area contributed by atoms with Gasteiger partial charge in [0.2, 0.25) is 0 Å². The first-order chi connectivity index (χ1) is 30.1. The highest BCUT2D eigenvalue weighted by molar-refractivity contribution is 5.74. The van der Waals surface area contributed by atoms with E-state index in [4.69, 9.17) is 52.1 Å². The number of hydrogen-bond donors (Lipinski definition) is 1. The van der Waals surface area contributed by atoms with E-state index in [0.29, 0.717) is 129 Å². The summed E-state index contributed by atoms with van der Waals surface area (Å²) >= 11 is 0. The quantitative estimate of drug-likeness (QED) is 0.0588. The van der Waals surface area contributed by atoms with Crippen molar-refractivity contribution in [2.24, 2.45) is 0 Å². The van der Waals surface area contributed by atoms with E-state index in [1.807, 2.05) is 33.4 Å². The van der Waals surface area contributed by atoms with Crippen molar-refractivity contribution in [3.8, 4) is 11.5 Å².